The zero-order valence-electron chi connectivity index (χ0n) is 13.7. The van der Waals surface area contributed by atoms with Crippen LogP contribution in [0.1, 0.15) is 25.0 Å². The Kier molecular flexibility index (Phi) is 5.34. The first-order chi connectivity index (χ1) is 10.8. The third-order valence-electron chi connectivity index (χ3n) is 5.06. The summed E-state index contributed by atoms with van der Waals surface area (Å²) < 4.78 is 10.6. The summed E-state index contributed by atoms with van der Waals surface area (Å²) in [7, 11) is 1.79. The normalized spacial score (nSPS) is 27.3. The molecule has 2 fully saturated rings. The Bertz CT molecular complexity index is 471. The van der Waals surface area contributed by atoms with E-state index < -0.39 is 0 Å². The monoisotopic (exact) mass is 304 g/mol. The van der Waals surface area contributed by atoms with Crippen LogP contribution in [0.4, 0.5) is 0 Å². The van der Waals surface area contributed by atoms with E-state index in [9.17, 15) is 0 Å². The van der Waals surface area contributed by atoms with Gasteiger partial charge in [0.05, 0.1) is 12.9 Å². The molecule has 0 radical (unpaired) electrons. The van der Waals surface area contributed by atoms with Crippen molar-refractivity contribution in [2.75, 3.05) is 53.0 Å². The second-order valence-electron chi connectivity index (χ2n) is 6.78. The van der Waals surface area contributed by atoms with Gasteiger partial charge in [-0.1, -0.05) is 6.08 Å². The fraction of sp³-hybridized carbons (Fsp3) is 0.667. The maximum absolute atomic E-state index is 5.34. The maximum atomic E-state index is 5.34. The van der Waals surface area contributed by atoms with Gasteiger partial charge in [0.25, 0.3) is 0 Å². The van der Waals surface area contributed by atoms with Gasteiger partial charge in [0.15, 0.2) is 0 Å². The summed E-state index contributed by atoms with van der Waals surface area (Å²) in [6.07, 6.45) is 10.1. The standard InChI is InChI=1S/C18H28N2O2/c1-21-14-12-20-10-4-7-18(16-20)8-11-19(15-18)9-2-5-17-6-3-13-22-17/h2-3,5-6,13H,4,7-12,14-16H2,1H3. The van der Waals surface area contributed by atoms with Crippen LogP contribution in [-0.4, -0.2) is 62.8 Å². The molecule has 2 saturated heterocycles. The largest absolute Gasteiger partial charge is 0.465 e. The van der Waals surface area contributed by atoms with Crippen LogP contribution >= 0.6 is 0 Å². The molecule has 22 heavy (non-hydrogen) atoms. The molecule has 1 unspecified atom stereocenters. The summed E-state index contributed by atoms with van der Waals surface area (Å²) in [5.41, 5.74) is 0.518. The molecule has 4 heteroatoms. The molecule has 2 aliphatic heterocycles. The van der Waals surface area contributed by atoms with Crippen LogP contribution in [0.5, 0.6) is 0 Å². The summed E-state index contributed by atoms with van der Waals surface area (Å²) in [5.74, 6) is 0.942. The second-order valence-corrected chi connectivity index (χ2v) is 6.78. The highest BCUT2D eigenvalue weighted by molar-refractivity contribution is 5.42. The Morgan fingerprint density at radius 2 is 2.18 bits per heavy atom. The van der Waals surface area contributed by atoms with E-state index in [0.29, 0.717) is 5.41 Å². The van der Waals surface area contributed by atoms with Gasteiger partial charge in [0.2, 0.25) is 0 Å². The first-order valence-electron chi connectivity index (χ1n) is 8.43. The molecule has 0 bridgehead atoms. The number of rotatable bonds is 6. The van der Waals surface area contributed by atoms with E-state index in [0.717, 1.165) is 25.5 Å². The van der Waals surface area contributed by atoms with Crippen LogP contribution in [0.3, 0.4) is 0 Å². The lowest BCUT2D eigenvalue weighted by Crippen LogP contribution is -2.45. The Morgan fingerprint density at radius 1 is 1.27 bits per heavy atom. The van der Waals surface area contributed by atoms with Crippen LogP contribution < -0.4 is 0 Å². The molecule has 3 heterocycles. The first kappa shape index (κ1) is 15.8. The highest BCUT2D eigenvalue weighted by atomic mass is 16.5. The lowest BCUT2D eigenvalue weighted by atomic mass is 9.79. The topological polar surface area (TPSA) is 28.9 Å². The van der Waals surface area contributed by atoms with Crippen molar-refractivity contribution in [1.82, 2.24) is 9.80 Å². The minimum Gasteiger partial charge on any atom is -0.465 e. The number of methoxy groups -OCH3 is 1. The molecule has 0 aliphatic carbocycles. The average molecular weight is 304 g/mol. The number of ether oxygens (including phenoxy) is 1. The molecule has 0 N–H and O–H groups in total. The molecule has 4 nitrogen and oxygen atoms in total. The SMILES string of the molecule is COCCN1CCCC2(CCN(CC=Cc3ccco3)C2)C1. The Labute approximate surface area is 133 Å². The Hall–Kier alpha value is -1.10. The van der Waals surface area contributed by atoms with E-state index in [1.807, 2.05) is 12.1 Å². The number of nitrogens with zero attached hydrogens (tertiary/aromatic N) is 2. The van der Waals surface area contributed by atoms with E-state index in [1.165, 1.54) is 45.4 Å². The zero-order valence-corrected chi connectivity index (χ0v) is 13.7. The van der Waals surface area contributed by atoms with Crippen molar-refractivity contribution in [2.45, 2.75) is 19.3 Å². The number of hydrogen-bond donors (Lipinski definition) is 0. The molecule has 1 aromatic heterocycles. The average Bonchev–Trinajstić information content (AvgIpc) is 3.16. The van der Waals surface area contributed by atoms with Gasteiger partial charge in [-0.25, -0.2) is 0 Å². The third kappa shape index (κ3) is 4.00. The van der Waals surface area contributed by atoms with Crippen LogP contribution in [0.25, 0.3) is 6.08 Å². The summed E-state index contributed by atoms with van der Waals surface area (Å²) in [5, 5.41) is 0. The van der Waals surface area contributed by atoms with Crippen LogP contribution in [0.15, 0.2) is 28.9 Å². The van der Waals surface area contributed by atoms with Gasteiger partial charge < -0.3 is 14.1 Å². The van der Waals surface area contributed by atoms with Gasteiger partial charge in [-0.2, -0.15) is 0 Å². The Morgan fingerprint density at radius 3 is 3.00 bits per heavy atom. The number of furan rings is 1. The highest BCUT2D eigenvalue weighted by Gasteiger charge is 2.40. The van der Waals surface area contributed by atoms with E-state index in [-0.39, 0.29) is 0 Å². The predicted octanol–water partition coefficient (Wildman–Crippen LogP) is 2.73. The molecule has 2 aliphatic rings. The second kappa shape index (κ2) is 7.44. The summed E-state index contributed by atoms with van der Waals surface area (Å²) in [4.78, 5) is 5.18. The summed E-state index contributed by atoms with van der Waals surface area (Å²) >= 11 is 0. The van der Waals surface area contributed by atoms with Crippen LogP contribution in [-0.2, 0) is 4.74 Å². The Balaban J connectivity index is 1.48. The van der Waals surface area contributed by atoms with Gasteiger partial charge in [0, 0.05) is 33.3 Å². The molecule has 0 saturated carbocycles. The molecular weight excluding hydrogens is 276 g/mol. The molecular formula is C18H28N2O2. The van der Waals surface area contributed by atoms with Gasteiger partial charge in [0.1, 0.15) is 5.76 Å². The van der Waals surface area contributed by atoms with Crippen molar-refractivity contribution in [2.24, 2.45) is 5.41 Å². The van der Waals surface area contributed by atoms with Crippen molar-refractivity contribution >= 4 is 6.08 Å². The fourth-order valence-electron chi connectivity index (χ4n) is 3.94. The lowest BCUT2D eigenvalue weighted by molar-refractivity contribution is 0.0686. The minimum absolute atomic E-state index is 0.518. The van der Waals surface area contributed by atoms with Crippen LogP contribution in [0, 0.1) is 5.41 Å². The van der Waals surface area contributed by atoms with Crippen molar-refractivity contribution in [3.63, 3.8) is 0 Å². The summed E-state index contributed by atoms with van der Waals surface area (Å²) in [6, 6.07) is 3.93. The first-order valence-corrected chi connectivity index (χ1v) is 8.43. The van der Waals surface area contributed by atoms with E-state index in [1.54, 1.807) is 13.4 Å². The number of likely N-dealkylation sites (tertiary alicyclic amines) is 2. The van der Waals surface area contributed by atoms with Crippen molar-refractivity contribution in [3.8, 4) is 0 Å². The number of hydrogen-bond acceptors (Lipinski definition) is 4. The minimum atomic E-state index is 0.518. The van der Waals surface area contributed by atoms with E-state index in [4.69, 9.17) is 9.15 Å². The smallest absolute Gasteiger partial charge is 0.126 e. The van der Waals surface area contributed by atoms with E-state index >= 15 is 0 Å². The zero-order chi connectivity index (χ0) is 15.3. The molecule has 1 aromatic rings. The van der Waals surface area contributed by atoms with Gasteiger partial charge in [-0.15, -0.1) is 0 Å². The number of piperidine rings is 1. The van der Waals surface area contributed by atoms with Gasteiger partial charge >= 0.3 is 0 Å². The molecule has 1 atom stereocenters. The lowest BCUT2D eigenvalue weighted by Gasteiger charge is -2.40. The van der Waals surface area contributed by atoms with Crippen molar-refractivity contribution in [3.05, 3.63) is 30.2 Å². The maximum Gasteiger partial charge on any atom is 0.126 e. The highest BCUT2D eigenvalue weighted by Crippen LogP contribution is 2.38. The quantitative estimate of drug-likeness (QED) is 0.808. The molecule has 1 spiro atoms. The van der Waals surface area contributed by atoms with Crippen molar-refractivity contribution in [1.29, 1.82) is 0 Å². The van der Waals surface area contributed by atoms with Gasteiger partial charge in [-0.3, -0.25) is 4.90 Å². The molecule has 0 amide bonds. The van der Waals surface area contributed by atoms with Gasteiger partial charge in [-0.05, 0) is 56.0 Å². The molecule has 0 aromatic carbocycles. The summed E-state index contributed by atoms with van der Waals surface area (Å²) in [6.45, 7) is 7.90. The fourth-order valence-corrected chi connectivity index (χ4v) is 3.94. The van der Waals surface area contributed by atoms with Crippen LogP contribution in [0.2, 0.25) is 0 Å². The molecule has 122 valence electrons. The van der Waals surface area contributed by atoms with Crippen molar-refractivity contribution < 1.29 is 9.15 Å². The third-order valence-corrected chi connectivity index (χ3v) is 5.06. The van der Waals surface area contributed by atoms with E-state index in [2.05, 4.69) is 22.0 Å². The molecule has 3 rings (SSSR count). The predicted molar refractivity (Wildman–Crippen MR) is 88.8 cm³/mol.